The second-order valence-electron chi connectivity index (χ2n) is 7.11. The van der Waals surface area contributed by atoms with Gasteiger partial charge in [0.2, 0.25) is 5.91 Å². The monoisotopic (exact) mass is 523 g/mol. The Morgan fingerprint density at radius 2 is 1.74 bits per heavy atom. The number of nitrogens with one attached hydrogen (secondary N) is 1. The molecule has 188 valence electrons. The van der Waals surface area contributed by atoms with Crippen LogP contribution in [0.5, 0.6) is 0 Å². The first-order valence-electron chi connectivity index (χ1n) is 10.2. The van der Waals surface area contributed by atoms with Crippen LogP contribution in [0.1, 0.15) is 19.3 Å². The van der Waals surface area contributed by atoms with Gasteiger partial charge in [0.25, 0.3) is 6.01 Å². The number of para-hydroxylation sites is 2. The quantitative estimate of drug-likeness (QED) is 0.330. The maximum atomic E-state index is 12.3. The Bertz CT molecular complexity index is 931. The summed E-state index contributed by atoms with van der Waals surface area (Å²) in [5.41, 5.74) is 1.64. The van der Waals surface area contributed by atoms with E-state index in [1.165, 1.54) is 10.8 Å². The number of anilines is 1. The summed E-state index contributed by atoms with van der Waals surface area (Å²) in [4.78, 5) is 38.2. The topological polar surface area (TPSA) is 133 Å². The zero-order valence-electron chi connectivity index (χ0n) is 17.9. The van der Waals surface area contributed by atoms with Crippen LogP contribution in [0.2, 0.25) is 0 Å². The Hall–Kier alpha value is -2.61. The highest BCUT2D eigenvalue weighted by molar-refractivity contribution is 8.76. The second kappa shape index (κ2) is 13.3. The van der Waals surface area contributed by atoms with Crippen LogP contribution in [0.4, 0.5) is 19.2 Å². The van der Waals surface area contributed by atoms with E-state index in [4.69, 9.17) is 19.4 Å². The number of oxazole rings is 1. The van der Waals surface area contributed by atoms with Crippen LogP contribution >= 0.6 is 21.6 Å². The van der Waals surface area contributed by atoms with Gasteiger partial charge in [0.1, 0.15) is 5.52 Å². The summed E-state index contributed by atoms with van der Waals surface area (Å²) in [5, 5.41) is 18.7. The predicted molar refractivity (Wildman–Crippen MR) is 123 cm³/mol. The van der Waals surface area contributed by atoms with Crippen molar-refractivity contribution in [1.82, 2.24) is 10.3 Å². The number of fused-ring (bicyclic) bond motifs is 1. The molecule has 0 atom stereocenters. The average Bonchev–Trinajstić information content (AvgIpc) is 3.22. The largest absolute Gasteiger partial charge is 0.490 e. The minimum atomic E-state index is -5.08. The summed E-state index contributed by atoms with van der Waals surface area (Å²) in [6, 6.07) is 8.33. The first-order valence-corrected chi connectivity index (χ1v) is 12.7. The zero-order chi connectivity index (χ0) is 25.1. The number of rotatable bonds is 9. The van der Waals surface area contributed by atoms with Crippen LogP contribution in [0.15, 0.2) is 28.7 Å². The number of hydrogen-bond donors (Lipinski definition) is 3. The number of amides is 1. The smallest absolute Gasteiger partial charge is 0.481 e. The van der Waals surface area contributed by atoms with Crippen LogP contribution in [0.25, 0.3) is 11.1 Å². The molecule has 9 nitrogen and oxygen atoms in total. The molecule has 1 aromatic heterocycles. The van der Waals surface area contributed by atoms with Gasteiger partial charge in [-0.15, -0.1) is 0 Å². The summed E-state index contributed by atoms with van der Waals surface area (Å²) >= 11 is 0. The number of carboxylic acids is 2. The lowest BCUT2D eigenvalue weighted by Gasteiger charge is -2.30. The molecule has 0 radical (unpaired) electrons. The van der Waals surface area contributed by atoms with Crippen molar-refractivity contribution >= 4 is 56.5 Å². The number of aromatic nitrogens is 1. The predicted octanol–water partition coefficient (Wildman–Crippen LogP) is 3.65. The van der Waals surface area contributed by atoms with Crippen molar-refractivity contribution in [3.63, 3.8) is 0 Å². The molecule has 2 aromatic rings. The van der Waals surface area contributed by atoms with Crippen molar-refractivity contribution in [1.29, 1.82) is 0 Å². The minimum Gasteiger partial charge on any atom is -0.481 e. The Labute approximate surface area is 200 Å². The molecule has 3 rings (SSSR count). The maximum Gasteiger partial charge on any atom is 0.490 e. The molecule has 1 saturated heterocycles. The summed E-state index contributed by atoms with van der Waals surface area (Å²) in [7, 11) is 3.12. The summed E-state index contributed by atoms with van der Waals surface area (Å²) in [6.45, 7) is 2.12. The number of hydrogen-bond acceptors (Lipinski definition) is 8. The van der Waals surface area contributed by atoms with Gasteiger partial charge >= 0.3 is 18.1 Å². The molecule has 0 saturated carbocycles. The normalized spacial score (nSPS) is 14.4. The van der Waals surface area contributed by atoms with Gasteiger partial charge in [-0.05, 0) is 25.0 Å². The first-order chi connectivity index (χ1) is 16.1. The highest BCUT2D eigenvalue weighted by atomic mass is 33.1. The van der Waals surface area contributed by atoms with Crippen molar-refractivity contribution in [2.45, 2.75) is 25.4 Å². The fourth-order valence-electron chi connectivity index (χ4n) is 2.94. The number of alkyl halides is 3. The van der Waals surface area contributed by atoms with Crippen molar-refractivity contribution < 1.29 is 42.2 Å². The summed E-state index contributed by atoms with van der Waals surface area (Å²) in [5.74, 6) is -2.05. The van der Waals surface area contributed by atoms with E-state index in [1.807, 2.05) is 24.3 Å². The molecule has 3 N–H and O–H groups in total. The Morgan fingerprint density at radius 1 is 1.12 bits per heavy atom. The van der Waals surface area contributed by atoms with Crippen LogP contribution in [-0.2, 0) is 14.4 Å². The minimum absolute atomic E-state index is 0.0234. The summed E-state index contributed by atoms with van der Waals surface area (Å²) in [6.07, 6.45) is -3.35. The third-order valence-corrected chi connectivity index (χ3v) is 7.04. The highest BCUT2D eigenvalue weighted by Gasteiger charge is 2.38. The van der Waals surface area contributed by atoms with E-state index in [-0.39, 0.29) is 18.2 Å². The molecule has 2 heterocycles. The fraction of sp³-hybridized carbons (Fsp3) is 0.500. The molecular formula is C20H24F3N3O6S2. The van der Waals surface area contributed by atoms with Gasteiger partial charge in [0.05, 0.1) is 6.42 Å². The van der Waals surface area contributed by atoms with E-state index >= 15 is 0 Å². The van der Waals surface area contributed by atoms with Crippen LogP contribution in [-0.4, -0.2) is 70.4 Å². The van der Waals surface area contributed by atoms with E-state index in [0.29, 0.717) is 18.3 Å². The van der Waals surface area contributed by atoms with Crippen LogP contribution in [0, 0.1) is 5.92 Å². The second-order valence-corrected chi connectivity index (χ2v) is 9.81. The van der Waals surface area contributed by atoms with E-state index < -0.39 is 18.1 Å². The molecule has 0 unspecified atom stereocenters. The van der Waals surface area contributed by atoms with E-state index in [9.17, 15) is 22.8 Å². The molecule has 14 heteroatoms. The highest BCUT2D eigenvalue weighted by Crippen LogP contribution is 2.26. The number of carbonyl (C=O) groups is 3. The molecule has 1 aliphatic rings. The molecule has 0 aliphatic carbocycles. The van der Waals surface area contributed by atoms with Gasteiger partial charge < -0.3 is 24.8 Å². The lowest BCUT2D eigenvalue weighted by atomic mass is 9.96. The van der Waals surface area contributed by atoms with E-state index in [2.05, 4.69) is 15.2 Å². The third-order valence-electron chi connectivity index (χ3n) is 4.63. The van der Waals surface area contributed by atoms with E-state index in [0.717, 1.165) is 42.8 Å². The van der Waals surface area contributed by atoms with Crippen molar-refractivity contribution in [2.75, 3.05) is 36.0 Å². The molecular weight excluding hydrogens is 499 g/mol. The Morgan fingerprint density at radius 3 is 2.32 bits per heavy atom. The standard InChI is InChI=1S/C18H23N3O4S2.C2HF3O2/c22-16(23)7-11-26-27-12-8-19-17(24)13-5-9-21(10-6-13)18-20-14-3-1-2-4-15(14)25-18;3-2(4,5)1(6)7/h1-4,13H,5-12H2,(H,19,24)(H,22,23);(H,6,7). The number of aliphatic carboxylic acids is 2. The molecule has 34 heavy (non-hydrogen) atoms. The van der Waals surface area contributed by atoms with Gasteiger partial charge in [0, 0.05) is 37.1 Å². The molecule has 0 bridgehead atoms. The van der Waals surface area contributed by atoms with Crippen molar-refractivity contribution in [3.05, 3.63) is 24.3 Å². The van der Waals surface area contributed by atoms with Gasteiger partial charge in [-0.2, -0.15) is 18.2 Å². The lowest BCUT2D eigenvalue weighted by Crippen LogP contribution is -2.41. The maximum absolute atomic E-state index is 12.3. The van der Waals surface area contributed by atoms with Gasteiger partial charge in [-0.25, -0.2) is 4.79 Å². The number of piperidine rings is 1. The van der Waals surface area contributed by atoms with E-state index in [1.54, 1.807) is 10.8 Å². The van der Waals surface area contributed by atoms with Crippen LogP contribution in [0.3, 0.4) is 0 Å². The molecule has 1 fully saturated rings. The number of benzene rings is 1. The Balaban J connectivity index is 0.000000509. The first kappa shape index (κ1) is 27.6. The van der Waals surface area contributed by atoms with Gasteiger partial charge in [-0.3, -0.25) is 9.59 Å². The third kappa shape index (κ3) is 9.33. The van der Waals surface area contributed by atoms with Crippen LogP contribution < -0.4 is 10.2 Å². The van der Waals surface area contributed by atoms with Gasteiger partial charge in [0.15, 0.2) is 5.58 Å². The molecule has 0 spiro atoms. The number of nitrogens with zero attached hydrogens (tertiary/aromatic N) is 2. The Kier molecular flexibility index (Phi) is 10.8. The summed E-state index contributed by atoms with van der Waals surface area (Å²) < 4.78 is 37.5. The molecule has 1 aromatic carbocycles. The molecule has 1 amide bonds. The van der Waals surface area contributed by atoms with Crippen molar-refractivity contribution in [3.8, 4) is 0 Å². The lowest BCUT2D eigenvalue weighted by molar-refractivity contribution is -0.192. The van der Waals surface area contributed by atoms with Crippen molar-refractivity contribution in [2.24, 2.45) is 5.92 Å². The zero-order valence-corrected chi connectivity index (χ0v) is 19.5. The molecule has 1 aliphatic heterocycles. The fourth-order valence-corrected chi connectivity index (χ4v) is 4.82. The SMILES string of the molecule is O=C(O)C(F)(F)F.O=C(O)CCSSCCNC(=O)C1CCN(c2nc3ccccc3o2)CC1. The van der Waals surface area contributed by atoms with Gasteiger partial charge in [-0.1, -0.05) is 33.7 Å². The number of carboxylic acid groups (broad SMARTS) is 2. The number of halogens is 3. The number of carbonyl (C=O) groups excluding carboxylic acids is 1. The average molecular weight is 524 g/mol.